The monoisotopic (exact) mass is 503 g/mol. The lowest BCUT2D eigenvalue weighted by atomic mass is 9.85. The topological polar surface area (TPSA) is 112 Å². The van der Waals surface area contributed by atoms with Gasteiger partial charge in [-0.2, -0.15) is 5.10 Å². The van der Waals surface area contributed by atoms with E-state index in [0.717, 1.165) is 46.8 Å². The fraction of sp³-hybridized carbons (Fsp3) is 0.138. The maximum Gasteiger partial charge on any atom is 0.227 e. The zero-order valence-electron chi connectivity index (χ0n) is 20.2. The molecule has 0 saturated heterocycles. The Kier molecular flexibility index (Phi) is 5.21. The zero-order chi connectivity index (χ0) is 25.6. The number of rotatable bonds is 5. The van der Waals surface area contributed by atoms with Crippen LogP contribution in [-0.2, 0) is 4.79 Å². The van der Waals surface area contributed by atoms with Crippen molar-refractivity contribution in [2.24, 2.45) is 5.92 Å². The highest BCUT2D eigenvalue weighted by Crippen LogP contribution is 2.33. The van der Waals surface area contributed by atoms with Crippen molar-refractivity contribution in [1.29, 1.82) is 0 Å². The van der Waals surface area contributed by atoms with Gasteiger partial charge in [0.1, 0.15) is 22.7 Å². The number of aromatic nitrogens is 6. The van der Waals surface area contributed by atoms with E-state index in [1.165, 1.54) is 6.07 Å². The van der Waals surface area contributed by atoms with Gasteiger partial charge in [0.05, 0.1) is 22.9 Å². The van der Waals surface area contributed by atoms with Gasteiger partial charge in [0.25, 0.3) is 0 Å². The van der Waals surface area contributed by atoms with Gasteiger partial charge in [-0.1, -0.05) is 24.6 Å². The number of pyridine rings is 2. The van der Waals surface area contributed by atoms with Gasteiger partial charge >= 0.3 is 0 Å². The molecule has 0 unspecified atom stereocenters. The van der Waals surface area contributed by atoms with Crippen LogP contribution in [0.1, 0.15) is 19.3 Å². The second kappa shape index (κ2) is 8.88. The van der Waals surface area contributed by atoms with Crippen molar-refractivity contribution in [2.45, 2.75) is 19.3 Å². The van der Waals surface area contributed by atoms with E-state index in [4.69, 9.17) is 4.98 Å². The van der Waals surface area contributed by atoms with Crippen LogP contribution in [0.2, 0.25) is 0 Å². The number of carbonyl (C=O) groups excluding carboxylic acids is 1. The van der Waals surface area contributed by atoms with Crippen LogP contribution in [0.25, 0.3) is 55.8 Å². The van der Waals surface area contributed by atoms with Crippen molar-refractivity contribution in [3.05, 3.63) is 79.0 Å². The number of imidazole rings is 1. The van der Waals surface area contributed by atoms with E-state index in [-0.39, 0.29) is 17.6 Å². The smallest absolute Gasteiger partial charge is 0.227 e. The largest absolute Gasteiger partial charge is 0.336 e. The van der Waals surface area contributed by atoms with Gasteiger partial charge in [-0.15, -0.1) is 0 Å². The SMILES string of the molecule is O=C(Nc1cncc(-c2ccc3[nH]nc(-c4nc5c(-c6ccccc6F)nccc5[nH]4)c3c2)c1)C1CCC1. The normalized spacial score (nSPS) is 13.6. The molecule has 3 N–H and O–H groups in total. The number of anilines is 1. The first-order valence-corrected chi connectivity index (χ1v) is 12.5. The van der Waals surface area contributed by atoms with Crippen LogP contribution in [0.3, 0.4) is 0 Å². The summed E-state index contributed by atoms with van der Waals surface area (Å²) in [4.78, 5) is 29.2. The lowest BCUT2D eigenvalue weighted by Gasteiger charge is -2.24. The molecule has 7 rings (SSSR count). The molecule has 2 aromatic carbocycles. The molecule has 4 aromatic heterocycles. The van der Waals surface area contributed by atoms with Crippen molar-refractivity contribution >= 4 is 33.5 Å². The molecule has 1 aliphatic rings. The van der Waals surface area contributed by atoms with Crippen molar-refractivity contribution in [3.63, 3.8) is 0 Å². The number of hydrogen-bond acceptors (Lipinski definition) is 5. The Bertz CT molecular complexity index is 1840. The Balaban J connectivity index is 1.27. The molecule has 0 atom stereocenters. The lowest BCUT2D eigenvalue weighted by Crippen LogP contribution is -2.28. The average Bonchev–Trinajstić information content (AvgIpc) is 3.52. The molecule has 0 bridgehead atoms. The van der Waals surface area contributed by atoms with E-state index in [9.17, 15) is 9.18 Å². The number of nitrogens with one attached hydrogen (secondary N) is 3. The molecular formula is C29H22FN7O. The van der Waals surface area contributed by atoms with Gasteiger partial charge in [-0.25, -0.2) is 9.37 Å². The summed E-state index contributed by atoms with van der Waals surface area (Å²) < 4.78 is 14.5. The summed E-state index contributed by atoms with van der Waals surface area (Å²) in [7, 11) is 0. The fourth-order valence-electron chi connectivity index (χ4n) is 4.85. The first-order chi connectivity index (χ1) is 18.6. The molecule has 1 amide bonds. The first-order valence-electron chi connectivity index (χ1n) is 12.5. The average molecular weight is 504 g/mol. The lowest BCUT2D eigenvalue weighted by molar-refractivity contribution is -0.122. The Morgan fingerprint density at radius 3 is 2.71 bits per heavy atom. The number of benzene rings is 2. The van der Waals surface area contributed by atoms with Gasteiger partial charge in [0.15, 0.2) is 5.82 Å². The molecule has 1 aliphatic carbocycles. The van der Waals surface area contributed by atoms with Crippen LogP contribution in [-0.4, -0.2) is 36.0 Å². The Hall–Kier alpha value is -4.92. The fourth-order valence-corrected chi connectivity index (χ4v) is 4.85. The van der Waals surface area contributed by atoms with Gasteiger partial charge in [0, 0.05) is 34.8 Å². The van der Waals surface area contributed by atoms with Crippen molar-refractivity contribution in [2.75, 3.05) is 5.32 Å². The number of carbonyl (C=O) groups is 1. The molecule has 38 heavy (non-hydrogen) atoms. The molecule has 0 spiro atoms. The van der Waals surface area contributed by atoms with Crippen molar-refractivity contribution in [1.82, 2.24) is 30.1 Å². The van der Waals surface area contributed by atoms with E-state index < -0.39 is 0 Å². The van der Waals surface area contributed by atoms with Crippen LogP contribution in [0.5, 0.6) is 0 Å². The Morgan fingerprint density at radius 2 is 1.87 bits per heavy atom. The molecule has 0 radical (unpaired) electrons. The summed E-state index contributed by atoms with van der Waals surface area (Å²) in [5.41, 5.74) is 6.13. The molecule has 8 nitrogen and oxygen atoms in total. The van der Waals surface area contributed by atoms with E-state index in [1.807, 2.05) is 30.3 Å². The zero-order valence-corrected chi connectivity index (χ0v) is 20.2. The summed E-state index contributed by atoms with van der Waals surface area (Å²) in [6.07, 6.45) is 8.06. The summed E-state index contributed by atoms with van der Waals surface area (Å²) in [5, 5.41) is 11.5. The minimum Gasteiger partial charge on any atom is -0.336 e. The summed E-state index contributed by atoms with van der Waals surface area (Å²) >= 11 is 0. The van der Waals surface area contributed by atoms with E-state index in [2.05, 4.69) is 30.5 Å². The van der Waals surface area contributed by atoms with E-state index >= 15 is 0 Å². The van der Waals surface area contributed by atoms with E-state index in [0.29, 0.717) is 34.0 Å². The number of H-pyrrole nitrogens is 2. The van der Waals surface area contributed by atoms with Gasteiger partial charge in [0.2, 0.25) is 5.91 Å². The maximum absolute atomic E-state index is 14.5. The molecule has 1 saturated carbocycles. The van der Waals surface area contributed by atoms with Crippen LogP contribution in [0, 0.1) is 11.7 Å². The highest BCUT2D eigenvalue weighted by Gasteiger charge is 2.25. The van der Waals surface area contributed by atoms with Crippen LogP contribution in [0.15, 0.2) is 73.2 Å². The summed E-state index contributed by atoms with van der Waals surface area (Å²) in [6, 6.07) is 16.2. The predicted octanol–water partition coefficient (Wildman–Crippen LogP) is 6.11. The highest BCUT2D eigenvalue weighted by atomic mass is 19.1. The molecule has 1 fully saturated rings. The Morgan fingerprint density at radius 1 is 0.974 bits per heavy atom. The highest BCUT2D eigenvalue weighted by molar-refractivity contribution is 5.98. The van der Waals surface area contributed by atoms with E-state index in [1.54, 1.807) is 36.8 Å². The minimum absolute atomic E-state index is 0.0527. The quantitative estimate of drug-likeness (QED) is 0.263. The Labute approximate surface area is 216 Å². The molecule has 4 heterocycles. The maximum atomic E-state index is 14.5. The number of amides is 1. The van der Waals surface area contributed by atoms with Gasteiger partial charge < -0.3 is 10.3 Å². The minimum atomic E-state index is -0.355. The number of nitrogens with zero attached hydrogens (tertiary/aromatic N) is 4. The summed E-state index contributed by atoms with van der Waals surface area (Å²) in [6.45, 7) is 0. The third-order valence-corrected chi connectivity index (χ3v) is 7.13. The second-order valence-electron chi connectivity index (χ2n) is 9.53. The molecule has 0 aliphatic heterocycles. The second-order valence-corrected chi connectivity index (χ2v) is 9.53. The number of aromatic amines is 2. The first kappa shape index (κ1) is 22.3. The van der Waals surface area contributed by atoms with Crippen molar-refractivity contribution in [3.8, 4) is 33.9 Å². The van der Waals surface area contributed by atoms with Gasteiger partial charge in [-0.3, -0.25) is 19.9 Å². The number of fused-ring (bicyclic) bond motifs is 2. The number of hydrogen-bond donors (Lipinski definition) is 3. The number of halogens is 1. The van der Waals surface area contributed by atoms with Crippen LogP contribution >= 0.6 is 0 Å². The third kappa shape index (κ3) is 3.80. The summed E-state index contributed by atoms with van der Waals surface area (Å²) in [5.74, 6) is 0.346. The third-order valence-electron chi connectivity index (χ3n) is 7.13. The molecular weight excluding hydrogens is 481 g/mol. The van der Waals surface area contributed by atoms with Crippen LogP contribution < -0.4 is 5.32 Å². The molecule has 9 heteroatoms. The molecule has 186 valence electrons. The van der Waals surface area contributed by atoms with Crippen LogP contribution in [0.4, 0.5) is 10.1 Å². The molecule has 6 aromatic rings. The van der Waals surface area contributed by atoms with Gasteiger partial charge in [-0.05, 0) is 54.8 Å². The predicted molar refractivity (Wildman–Crippen MR) is 144 cm³/mol. The standard InChI is InChI=1S/C29H22FN7O/c30-22-7-2-1-6-20(22)25-27-24(10-11-32-25)34-28(35-27)26-21-13-17(8-9-23(21)36-37-26)18-12-19(15-31-14-18)33-29(38)16-4-3-5-16/h1-2,6-16H,3-5H2,(H,33,38)(H,34,35)(H,36,37). The van der Waals surface area contributed by atoms with Crippen molar-refractivity contribution < 1.29 is 9.18 Å².